The highest BCUT2D eigenvalue weighted by Gasteiger charge is 2.10. The summed E-state index contributed by atoms with van der Waals surface area (Å²) in [6.07, 6.45) is 1.44. The number of phenols is 1. The molecule has 0 aliphatic rings. The van der Waals surface area contributed by atoms with Gasteiger partial charge in [-0.2, -0.15) is 0 Å². The van der Waals surface area contributed by atoms with Crippen LogP contribution in [0.5, 0.6) is 5.75 Å². The fourth-order valence-corrected chi connectivity index (χ4v) is 1.73. The first-order valence-electron chi connectivity index (χ1n) is 3.82. The van der Waals surface area contributed by atoms with E-state index >= 15 is 0 Å². The van der Waals surface area contributed by atoms with Crippen LogP contribution in [0.1, 0.15) is 0 Å². The third-order valence-corrected chi connectivity index (χ3v) is 2.47. The first-order chi connectivity index (χ1) is 6.59. The summed E-state index contributed by atoms with van der Waals surface area (Å²) in [5.41, 5.74) is 6.39. The van der Waals surface area contributed by atoms with E-state index in [9.17, 15) is 5.11 Å². The highest BCUT2D eigenvalue weighted by atomic mass is 35.5. The standard InChI is InChI=1S/C9H6Cl2N2O/c10-6-2-7(11)9(14)8-5(6)1-4(12)3-13-8/h1-3,14H,12H2. The molecule has 0 unspecified atom stereocenters. The number of rotatable bonds is 0. The van der Waals surface area contributed by atoms with Crippen LogP contribution in [0.25, 0.3) is 10.9 Å². The van der Waals surface area contributed by atoms with Gasteiger partial charge >= 0.3 is 0 Å². The topological polar surface area (TPSA) is 59.1 Å². The Hall–Kier alpha value is -1.19. The summed E-state index contributed by atoms with van der Waals surface area (Å²) < 4.78 is 0. The molecule has 1 aromatic carbocycles. The minimum atomic E-state index is -0.0777. The summed E-state index contributed by atoms with van der Waals surface area (Å²) in [5, 5.41) is 10.8. The second-order valence-corrected chi connectivity index (χ2v) is 3.67. The maximum Gasteiger partial charge on any atom is 0.160 e. The monoisotopic (exact) mass is 228 g/mol. The van der Waals surface area contributed by atoms with E-state index in [0.29, 0.717) is 21.6 Å². The van der Waals surface area contributed by atoms with E-state index in [-0.39, 0.29) is 10.8 Å². The maximum atomic E-state index is 9.58. The molecule has 0 radical (unpaired) electrons. The summed E-state index contributed by atoms with van der Waals surface area (Å²) in [4.78, 5) is 3.96. The zero-order chi connectivity index (χ0) is 10.3. The van der Waals surface area contributed by atoms with Crippen LogP contribution >= 0.6 is 23.2 Å². The van der Waals surface area contributed by atoms with Gasteiger partial charge in [-0.1, -0.05) is 23.2 Å². The summed E-state index contributed by atoms with van der Waals surface area (Å²) in [5.74, 6) is -0.0777. The number of pyridine rings is 1. The van der Waals surface area contributed by atoms with Crippen LogP contribution in [-0.4, -0.2) is 10.1 Å². The molecular weight excluding hydrogens is 223 g/mol. The Kier molecular flexibility index (Phi) is 2.13. The van der Waals surface area contributed by atoms with Gasteiger partial charge in [0, 0.05) is 5.39 Å². The number of nitrogens with two attached hydrogens (primary N) is 1. The minimum Gasteiger partial charge on any atom is -0.504 e. The SMILES string of the molecule is Nc1cnc2c(O)c(Cl)cc(Cl)c2c1. The predicted octanol–water partition coefficient (Wildman–Crippen LogP) is 2.83. The molecule has 5 heteroatoms. The largest absolute Gasteiger partial charge is 0.504 e. The molecule has 0 amide bonds. The van der Waals surface area contributed by atoms with Gasteiger partial charge in [-0.3, -0.25) is 4.98 Å². The second-order valence-electron chi connectivity index (χ2n) is 2.85. The zero-order valence-electron chi connectivity index (χ0n) is 6.96. The van der Waals surface area contributed by atoms with Crippen molar-refractivity contribution in [3.05, 3.63) is 28.4 Å². The van der Waals surface area contributed by atoms with Crippen molar-refractivity contribution in [2.45, 2.75) is 0 Å². The Morgan fingerprint density at radius 2 is 1.93 bits per heavy atom. The summed E-state index contributed by atoms with van der Waals surface area (Å²) in [7, 11) is 0. The van der Waals surface area contributed by atoms with E-state index in [0.717, 1.165) is 0 Å². The lowest BCUT2D eigenvalue weighted by Crippen LogP contribution is -1.88. The Morgan fingerprint density at radius 3 is 2.64 bits per heavy atom. The van der Waals surface area contributed by atoms with Crippen molar-refractivity contribution in [2.75, 3.05) is 5.73 Å². The van der Waals surface area contributed by atoms with Crippen molar-refractivity contribution < 1.29 is 5.11 Å². The molecule has 1 heterocycles. The number of fused-ring (bicyclic) bond motifs is 1. The predicted molar refractivity (Wildman–Crippen MR) is 57.8 cm³/mol. The molecule has 0 saturated carbocycles. The fraction of sp³-hybridized carbons (Fsp3) is 0. The molecule has 3 N–H and O–H groups in total. The molecular formula is C9H6Cl2N2O. The number of aromatic hydroxyl groups is 1. The highest BCUT2D eigenvalue weighted by molar-refractivity contribution is 6.39. The van der Waals surface area contributed by atoms with Gasteiger partial charge in [-0.15, -0.1) is 0 Å². The maximum absolute atomic E-state index is 9.58. The molecule has 0 atom stereocenters. The summed E-state index contributed by atoms with van der Waals surface area (Å²) in [6, 6.07) is 3.10. The number of anilines is 1. The van der Waals surface area contributed by atoms with Crippen molar-refractivity contribution in [3.8, 4) is 5.75 Å². The first-order valence-corrected chi connectivity index (χ1v) is 4.57. The van der Waals surface area contributed by atoms with E-state index in [1.165, 1.54) is 12.3 Å². The van der Waals surface area contributed by atoms with Crippen molar-refractivity contribution >= 4 is 39.8 Å². The Bertz CT molecular complexity index is 514. The van der Waals surface area contributed by atoms with Gasteiger partial charge < -0.3 is 10.8 Å². The molecule has 0 bridgehead atoms. The van der Waals surface area contributed by atoms with Gasteiger partial charge in [-0.25, -0.2) is 0 Å². The number of hydrogen-bond acceptors (Lipinski definition) is 3. The molecule has 72 valence electrons. The lowest BCUT2D eigenvalue weighted by Gasteiger charge is -2.04. The molecule has 0 fully saturated rings. The van der Waals surface area contributed by atoms with Crippen molar-refractivity contribution in [1.82, 2.24) is 4.98 Å². The van der Waals surface area contributed by atoms with Crippen LogP contribution < -0.4 is 5.73 Å². The van der Waals surface area contributed by atoms with E-state index in [4.69, 9.17) is 28.9 Å². The molecule has 2 rings (SSSR count). The molecule has 14 heavy (non-hydrogen) atoms. The molecule has 1 aromatic heterocycles. The van der Waals surface area contributed by atoms with Crippen molar-refractivity contribution in [3.63, 3.8) is 0 Å². The summed E-state index contributed by atoms with van der Waals surface area (Å²) in [6.45, 7) is 0. The Morgan fingerprint density at radius 1 is 1.21 bits per heavy atom. The number of aromatic nitrogens is 1. The van der Waals surface area contributed by atoms with E-state index < -0.39 is 0 Å². The first kappa shape index (κ1) is 9.37. The quantitative estimate of drug-likeness (QED) is 0.730. The van der Waals surface area contributed by atoms with Crippen molar-refractivity contribution in [2.24, 2.45) is 0 Å². The molecule has 0 aliphatic carbocycles. The highest BCUT2D eigenvalue weighted by Crippen LogP contribution is 2.36. The number of benzene rings is 1. The smallest absolute Gasteiger partial charge is 0.160 e. The number of nitrogens with zero attached hydrogens (tertiary/aromatic N) is 1. The average Bonchev–Trinajstić information content (AvgIpc) is 2.14. The van der Waals surface area contributed by atoms with E-state index in [1.54, 1.807) is 6.07 Å². The van der Waals surface area contributed by atoms with Gasteiger partial charge in [-0.05, 0) is 12.1 Å². The lowest BCUT2D eigenvalue weighted by atomic mass is 10.2. The molecule has 3 nitrogen and oxygen atoms in total. The van der Waals surface area contributed by atoms with E-state index in [2.05, 4.69) is 4.98 Å². The number of hydrogen-bond donors (Lipinski definition) is 2. The van der Waals surface area contributed by atoms with Gasteiger partial charge in [0.25, 0.3) is 0 Å². The fourth-order valence-electron chi connectivity index (χ4n) is 1.22. The second kappa shape index (κ2) is 3.19. The van der Waals surface area contributed by atoms with Gasteiger partial charge in [0.15, 0.2) is 5.75 Å². The summed E-state index contributed by atoms with van der Waals surface area (Å²) >= 11 is 11.6. The van der Waals surface area contributed by atoms with Crippen LogP contribution in [0.2, 0.25) is 10.0 Å². The molecule has 0 aliphatic heterocycles. The van der Waals surface area contributed by atoms with E-state index in [1.807, 2.05) is 0 Å². The van der Waals surface area contributed by atoms with Crippen LogP contribution in [-0.2, 0) is 0 Å². The lowest BCUT2D eigenvalue weighted by molar-refractivity contribution is 0.480. The number of nitrogen functional groups attached to an aromatic ring is 1. The van der Waals surface area contributed by atoms with Crippen LogP contribution in [0, 0.1) is 0 Å². The third-order valence-electron chi connectivity index (χ3n) is 1.87. The van der Waals surface area contributed by atoms with Gasteiger partial charge in [0.1, 0.15) is 5.52 Å². The number of phenolic OH excluding ortho intramolecular Hbond substituents is 1. The zero-order valence-corrected chi connectivity index (χ0v) is 8.47. The Balaban J connectivity index is 2.94. The van der Waals surface area contributed by atoms with Crippen LogP contribution in [0.3, 0.4) is 0 Å². The third kappa shape index (κ3) is 1.35. The molecule has 0 spiro atoms. The van der Waals surface area contributed by atoms with Crippen molar-refractivity contribution in [1.29, 1.82) is 0 Å². The normalized spacial score (nSPS) is 10.7. The molecule has 0 saturated heterocycles. The number of halogens is 2. The van der Waals surface area contributed by atoms with Gasteiger partial charge in [0.2, 0.25) is 0 Å². The molecule has 2 aromatic rings. The van der Waals surface area contributed by atoms with Gasteiger partial charge in [0.05, 0.1) is 21.9 Å². The average molecular weight is 229 g/mol. The minimum absolute atomic E-state index is 0.0777. The Labute approximate surface area is 90.1 Å². The van der Waals surface area contributed by atoms with Crippen LogP contribution in [0.15, 0.2) is 18.3 Å². The van der Waals surface area contributed by atoms with Crippen LogP contribution in [0.4, 0.5) is 5.69 Å².